The molecule has 5 aromatic rings. The molecule has 1 fully saturated rings. The normalized spacial score (nSPS) is 15.9. The minimum atomic E-state index is -0.830. The van der Waals surface area contributed by atoms with E-state index in [1.165, 1.54) is 83.2 Å². The van der Waals surface area contributed by atoms with Gasteiger partial charge >= 0.3 is 0 Å². The molecule has 0 atom stereocenters. The van der Waals surface area contributed by atoms with Crippen molar-refractivity contribution in [2.75, 3.05) is 0 Å². The smallest absolute Gasteiger partial charge is 0.134 e. The predicted octanol–water partition coefficient (Wildman–Crippen LogP) is 15.5. The van der Waals surface area contributed by atoms with Gasteiger partial charge in [-0.2, -0.15) is 0 Å². The van der Waals surface area contributed by atoms with Gasteiger partial charge in [0.15, 0.2) is 0 Å². The number of benzene rings is 5. The monoisotopic (exact) mass is 748 g/mol. The topological polar surface area (TPSA) is 17.1 Å². The van der Waals surface area contributed by atoms with Crippen molar-refractivity contribution in [3.8, 4) is 44.5 Å². The second-order valence-corrected chi connectivity index (χ2v) is 22.4. The largest absolute Gasteiger partial charge is 0.300 e. The third-order valence-electron chi connectivity index (χ3n) is 12.1. The van der Waals surface area contributed by atoms with E-state index in [0.29, 0.717) is 42.3 Å². The fourth-order valence-electron chi connectivity index (χ4n) is 9.72. The van der Waals surface area contributed by atoms with Crippen molar-refractivity contribution < 1.29 is 4.79 Å². The van der Waals surface area contributed by atoms with Crippen molar-refractivity contribution in [2.45, 2.75) is 144 Å². The molecule has 0 aliphatic carbocycles. The van der Waals surface area contributed by atoms with Gasteiger partial charge < -0.3 is 0 Å². The number of ketones is 1. The fourth-order valence-corrected chi connectivity index (χ4v) is 14.1. The number of aryl methyl sites for hydroxylation is 2. The van der Waals surface area contributed by atoms with Crippen LogP contribution in [0.3, 0.4) is 0 Å². The highest BCUT2D eigenvalue weighted by Gasteiger charge is 2.49. The van der Waals surface area contributed by atoms with Crippen LogP contribution in [0.4, 0.5) is 0 Å². The Morgan fingerprint density at radius 3 is 1.09 bits per heavy atom. The van der Waals surface area contributed by atoms with E-state index in [2.05, 4.69) is 188 Å². The Labute approximate surface area is 335 Å². The molecule has 55 heavy (non-hydrogen) atoms. The number of hydrogen-bond donors (Lipinski definition) is 0. The third-order valence-corrected chi connectivity index (χ3v) is 15.7. The number of carbonyl (C=O) groups is 1. The van der Waals surface area contributed by atoms with Crippen molar-refractivity contribution in [1.82, 2.24) is 0 Å². The minimum Gasteiger partial charge on any atom is -0.300 e. The molecule has 0 spiro atoms. The summed E-state index contributed by atoms with van der Waals surface area (Å²) in [5, 5.41) is 1.14. The lowest BCUT2D eigenvalue weighted by molar-refractivity contribution is -0.120. The maximum Gasteiger partial charge on any atom is 0.134 e. The van der Waals surface area contributed by atoms with Gasteiger partial charge in [-0.25, -0.2) is 0 Å². The fraction of sp³-hybridized carbons (Fsp3) is 0.415. The average molecular weight is 749 g/mol. The van der Waals surface area contributed by atoms with E-state index < -0.39 is 7.92 Å². The van der Waals surface area contributed by atoms with E-state index in [0.717, 1.165) is 0 Å². The average Bonchev–Trinajstić information content (AvgIpc) is 3.09. The Morgan fingerprint density at radius 2 is 0.782 bits per heavy atom. The molecule has 0 saturated carbocycles. The Kier molecular flexibility index (Phi) is 11.6. The molecule has 0 N–H and O–H groups in total. The van der Waals surface area contributed by atoms with Crippen LogP contribution in [0.15, 0.2) is 91.0 Å². The first kappa shape index (κ1) is 40.9. The first-order valence-electron chi connectivity index (χ1n) is 20.8. The molecule has 0 aromatic heterocycles. The van der Waals surface area contributed by atoms with Gasteiger partial charge in [-0.05, 0) is 131 Å². The van der Waals surface area contributed by atoms with Gasteiger partial charge in [0.2, 0.25) is 0 Å². The maximum absolute atomic E-state index is 13.6. The van der Waals surface area contributed by atoms with Gasteiger partial charge in [-0.15, -0.1) is 0 Å². The number of hydrogen-bond acceptors (Lipinski definition) is 1. The molecule has 5 aromatic carbocycles. The van der Waals surface area contributed by atoms with Crippen LogP contribution in [0.1, 0.15) is 153 Å². The predicted molar refractivity (Wildman–Crippen MR) is 243 cm³/mol. The van der Waals surface area contributed by atoms with E-state index in [1.54, 1.807) is 0 Å². The zero-order valence-electron chi connectivity index (χ0n) is 36.2. The van der Waals surface area contributed by atoms with Crippen LogP contribution in [-0.4, -0.2) is 16.1 Å². The van der Waals surface area contributed by atoms with Gasteiger partial charge in [0.1, 0.15) is 5.78 Å². The van der Waals surface area contributed by atoms with E-state index in [9.17, 15) is 4.79 Å². The highest BCUT2D eigenvalue weighted by Crippen LogP contribution is 2.66. The van der Waals surface area contributed by atoms with Gasteiger partial charge in [0.25, 0.3) is 0 Å². The van der Waals surface area contributed by atoms with E-state index in [4.69, 9.17) is 0 Å². The molecule has 1 heterocycles. The second-order valence-electron chi connectivity index (χ2n) is 18.9. The number of carbonyl (C=O) groups excluding carboxylic acids is 1. The molecule has 1 aliphatic heterocycles. The summed E-state index contributed by atoms with van der Waals surface area (Å²) in [6.07, 6.45) is 1.24. The Morgan fingerprint density at radius 1 is 0.473 bits per heavy atom. The Balaban J connectivity index is 1.80. The standard InChI is InChI=1S/C53H65OP/c1-32(2)45-26-38(41-22-17-15-20-36(41)9)27-46(33(3)4)49(45)43-24-19-25-44(51(43)55-52(11,12)30-40(54)31-53(55,13)14)50-47(34(5)6)28-39(29-48(50)35(7)8)42-23-18-16-21-37(42)10/h15-29,32-35H,30-31H2,1-14H3. The molecule has 2 heteroatoms. The van der Waals surface area contributed by atoms with E-state index in [1.807, 2.05) is 0 Å². The van der Waals surface area contributed by atoms with Crippen LogP contribution in [0.2, 0.25) is 0 Å². The molecule has 1 saturated heterocycles. The summed E-state index contributed by atoms with van der Waals surface area (Å²) in [5.74, 6) is 1.68. The summed E-state index contributed by atoms with van der Waals surface area (Å²) in [6.45, 7) is 32.9. The summed E-state index contributed by atoms with van der Waals surface area (Å²) < 4.78 is 0. The highest BCUT2D eigenvalue weighted by molar-refractivity contribution is 7.69. The Hall–Kier alpha value is -3.80. The molecule has 0 unspecified atom stereocenters. The van der Waals surface area contributed by atoms with Crippen LogP contribution >= 0.6 is 7.92 Å². The molecule has 0 amide bonds. The number of Topliss-reactive ketones (excluding diaryl/α,β-unsaturated/α-hetero) is 1. The third kappa shape index (κ3) is 7.81. The lowest BCUT2D eigenvalue weighted by atomic mass is 9.79. The van der Waals surface area contributed by atoms with E-state index >= 15 is 0 Å². The van der Waals surface area contributed by atoms with Crippen molar-refractivity contribution in [3.05, 3.63) is 124 Å². The number of rotatable bonds is 9. The van der Waals surface area contributed by atoms with Crippen LogP contribution in [0.5, 0.6) is 0 Å². The maximum atomic E-state index is 13.6. The lowest BCUT2D eigenvalue weighted by Gasteiger charge is -2.50. The zero-order chi connectivity index (χ0) is 40.1. The van der Waals surface area contributed by atoms with Gasteiger partial charge in [0.05, 0.1) is 0 Å². The van der Waals surface area contributed by atoms with Crippen molar-refractivity contribution in [2.24, 2.45) is 0 Å². The second kappa shape index (κ2) is 15.6. The van der Waals surface area contributed by atoms with Gasteiger partial charge in [-0.3, -0.25) is 4.79 Å². The molecule has 6 rings (SSSR count). The molecule has 0 bridgehead atoms. The van der Waals surface area contributed by atoms with Crippen LogP contribution in [0.25, 0.3) is 44.5 Å². The minimum absolute atomic E-state index is 0.173. The molecular formula is C53H65OP. The van der Waals surface area contributed by atoms with Crippen LogP contribution in [0, 0.1) is 13.8 Å². The van der Waals surface area contributed by atoms with Crippen molar-refractivity contribution in [1.29, 1.82) is 0 Å². The SMILES string of the molecule is Cc1ccccc1-c1cc(C(C)C)c(-c2cccc(-c3c(C(C)C)cc(-c4ccccc4C)cc3C(C)C)c2P2C(C)(C)CC(=O)CC2(C)C)c(C(C)C)c1. The first-order valence-corrected chi connectivity index (χ1v) is 22.1. The molecule has 1 aliphatic rings. The van der Waals surface area contributed by atoms with Crippen LogP contribution < -0.4 is 5.30 Å². The lowest BCUT2D eigenvalue weighted by Crippen LogP contribution is -2.44. The molecule has 288 valence electrons. The van der Waals surface area contributed by atoms with Crippen LogP contribution in [-0.2, 0) is 4.79 Å². The van der Waals surface area contributed by atoms with Crippen molar-refractivity contribution in [3.63, 3.8) is 0 Å². The summed E-state index contributed by atoms with van der Waals surface area (Å²) >= 11 is 0. The summed E-state index contributed by atoms with van der Waals surface area (Å²) in [5.41, 5.74) is 19.0. The van der Waals surface area contributed by atoms with Crippen molar-refractivity contribution >= 4 is 19.0 Å². The summed E-state index contributed by atoms with van der Waals surface area (Å²) in [4.78, 5) is 13.6. The molecule has 0 radical (unpaired) electrons. The summed E-state index contributed by atoms with van der Waals surface area (Å²) in [7, 11) is -0.830. The summed E-state index contributed by atoms with van der Waals surface area (Å²) in [6, 6.07) is 34.8. The van der Waals surface area contributed by atoms with Gasteiger partial charge in [-0.1, -0.05) is 182 Å². The highest BCUT2D eigenvalue weighted by atomic mass is 31.1. The first-order chi connectivity index (χ1) is 25.8. The Bertz CT molecular complexity index is 2020. The molecule has 1 nitrogen and oxygen atoms in total. The zero-order valence-corrected chi connectivity index (χ0v) is 37.1. The van der Waals surface area contributed by atoms with E-state index in [-0.39, 0.29) is 10.3 Å². The quantitative estimate of drug-likeness (QED) is 0.137. The van der Waals surface area contributed by atoms with Gasteiger partial charge in [0, 0.05) is 12.8 Å². The molecular weight excluding hydrogens is 684 g/mol.